The Balaban J connectivity index is 2.84. The summed E-state index contributed by atoms with van der Waals surface area (Å²) >= 11 is 0. The molecule has 6 nitrogen and oxygen atoms in total. The molecule has 102 valence electrons. The molecule has 0 unspecified atom stereocenters. The first-order valence-electron chi connectivity index (χ1n) is 5.66. The number of carbonyl (C=O) groups excluding carboxylic acids is 1. The van der Waals surface area contributed by atoms with Gasteiger partial charge in [-0.15, -0.1) is 0 Å². The van der Waals surface area contributed by atoms with Crippen LogP contribution in [-0.2, 0) is 4.79 Å². The molecule has 6 heteroatoms. The molecule has 1 aromatic rings. The molecular formula is C13H17N3O3. The molecule has 0 radical (unpaired) electrons. The average Bonchev–Trinajstić information content (AvgIpc) is 2.43. The fourth-order valence-electron chi connectivity index (χ4n) is 1.38. The van der Waals surface area contributed by atoms with Gasteiger partial charge in [-0.2, -0.15) is 5.26 Å². The van der Waals surface area contributed by atoms with Gasteiger partial charge in [0.2, 0.25) is 5.91 Å². The molecule has 0 heterocycles. The summed E-state index contributed by atoms with van der Waals surface area (Å²) in [5.41, 5.74) is 1.80. The van der Waals surface area contributed by atoms with E-state index in [9.17, 15) is 4.79 Å². The zero-order chi connectivity index (χ0) is 14.5. The van der Waals surface area contributed by atoms with Crippen LogP contribution < -0.4 is 20.7 Å². The van der Waals surface area contributed by atoms with Crippen LogP contribution in [-0.4, -0.2) is 19.6 Å². The molecule has 0 bridgehead atoms. The maximum Gasteiger partial charge on any atom is 0.242 e. The second-order valence-electron chi connectivity index (χ2n) is 4.62. The van der Waals surface area contributed by atoms with Crippen molar-refractivity contribution in [2.45, 2.75) is 13.8 Å². The van der Waals surface area contributed by atoms with Crippen LogP contribution in [0.3, 0.4) is 0 Å². The summed E-state index contributed by atoms with van der Waals surface area (Å²) in [6.45, 7) is 3.56. The van der Waals surface area contributed by atoms with E-state index < -0.39 is 5.41 Å². The first kappa shape index (κ1) is 14.8. The van der Waals surface area contributed by atoms with Gasteiger partial charge >= 0.3 is 0 Å². The van der Waals surface area contributed by atoms with Crippen molar-refractivity contribution in [2.24, 2.45) is 11.3 Å². The molecule has 1 amide bonds. The van der Waals surface area contributed by atoms with Crippen molar-refractivity contribution >= 4 is 5.91 Å². The van der Waals surface area contributed by atoms with Gasteiger partial charge in [0, 0.05) is 6.07 Å². The topological polar surface area (TPSA) is 97.4 Å². The Hall–Kier alpha value is -2.26. The molecule has 0 atom stereocenters. The van der Waals surface area contributed by atoms with Crippen molar-refractivity contribution in [2.75, 3.05) is 13.7 Å². The third kappa shape index (κ3) is 3.60. The standard InChI is InChI=1S/C13H17N3O3/c1-13(2,12(17)16-15)8-19-10-5-4-9(7-14)6-11(10)18-3/h4-6H,8,15H2,1-3H3,(H,16,17). The van der Waals surface area contributed by atoms with Crippen LogP contribution in [0.15, 0.2) is 18.2 Å². The summed E-state index contributed by atoms with van der Waals surface area (Å²) < 4.78 is 10.7. The van der Waals surface area contributed by atoms with Gasteiger partial charge in [-0.25, -0.2) is 5.84 Å². The van der Waals surface area contributed by atoms with Gasteiger partial charge in [0.1, 0.15) is 6.61 Å². The number of carbonyl (C=O) groups is 1. The number of methoxy groups -OCH3 is 1. The van der Waals surface area contributed by atoms with Crippen LogP contribution in [0, 0.1) is 16.7 Å². The third-order valence-corrected chi connectivity index (χ3v) is 2.63. The van der Waals surface area contributed by atoms with E-state index in [1.165, 1.54) is 7.11 Å². The quantitative estimate of drug-likeness (QED) is 0.468. The molecule has 1 rings (SSSR count). The molecule has 19 heavy (non-hydrogen) atoms. The minimum atomic E-state index is -0.770. The molecule has 0 aliphatic carbocycles. The number of amides is 1. The summed E-state index contributed by atoms with van der Waals surface area (Å²) in [7, 11) is 1.49. The Kier molecular flexibility index (Phi) is 4.73. The van der Waals surface area contributed by atoms with E-state index in [-0.39, 0.29) is 12.5 Å². The number of rotatable bonds is 5. The summed E-state index contributed by atoms with van der Waals surface area (Å²) in [6, 6.07) is 6.84. The van der Waals surface area contributed by atoms with Crippen LogP contribution >= 0.6 is 0 Å². The Bertz CT molecular complexity index is 506. The van der Waals surface area contributed by atoms with Crippen molar-refractivity contribution in [1.29, 1.82) is 5.26 Å². The van der Waals surface area contributed by atoms with E-state index in [2.05, 4.69) is 5.43 Å². The Labute approximate surface area is 112 Å². The van der Waals surface area contributed by atoms with E-state index >= 15 is 0 Å². The maximum absolute atomic E-state index is 11.5. The third-order valence-electron chi connectivity index (χ3n) is 2.63. The van der Waals surface area contributed by atoms with Crippen LogP contribution in [0.25, 0.3) is 0 Å². The van der Waals surface area contributed by atoms with Crippen LogP contribution in [0.2, 0.25) is 0 Å². The van der Waals surface area contributed by atoms with Gasteiger partial charge in [0.05, 0.1) is 24.2 Å². The van der Waals surface area contributed by atoms with E-state index in [0.717, 1.165) is 0 Å². The fourth-order valence-corrected chi connectivity index (χ4v) is 1.38. The monoisotopic (exact) mass is 263 g/mol. The van der Waals surface area contributed by atoms with Gasteiger partial charge in [0.15, 0.2) is 11.5 Å². The lowest BCUT2D eigenvalue weighted by Crippen LogP contribution is -2.44. The van der Waals surface area contributed by atoms with Gasteiger partial charge in [-0.3, -0.25) is 10.2 Å². The number of hydrogen-bond acceptors (Lipinski definition) is 5. The number of hydrogen-bond donors (Lipinski definition) is 2. The lowest BCUT2D eigenvalue weighted by atomic mass is 9.94. The number of nitriles is 1. The highest BCUT2D eigenvalue weighted by Crippen LogP contribution is 2.29. The van der Waals surface area contributed by atoms with Crippen molar-refractivity contribution in [3.8, 4) is 17.6 Å². The van der Waals surface area contributed by atoms with Crippen molar-refractivity contribution in [3.63, 3.8) is 0 Å². The van der Waals surface area contributed by atoms with Gasteiger partial charge in [-0.05, 0) is 26.0 Å². The van der Waals surface area contributed by atoms with Crippen molar-refractivity contribution in [1.82, 2.24) is 5.43 Å². The molecule has 0 aliphatic heterocycles. The molecule has 0 fully saturated rings. The predicted octanol–water partition coefficient (Wildman–Crippen LogP) is 0.962. The maximum atomic E-state index is 11.5. The van der Waals surface area contributed by atoms with E-state index in [0.29, 0.717) is 17.1 Å². The Morgan fingerprint density at radius 1 is 1.47 bits per heavy atom. The summed E-state index contributed by atoms with van der Waals surface area (Å²) in [6.07, 6.45) is 0. The first-order chi connectivity index (χ1) is 8.94. The highest BCUT2D eigenvalue weighted by atomic mass is 16.5. The molecule has 1 aromatic carbocycles. The number of nitrogens with zero attached hydrogens (tertiary/aromatic N) is 1. The largest absolute Gasteiger partial charge is 0.493 e. The number of nitrogens with one attached hydrogen (secondary N) is 1. The summed E-state index contributed by atoms with van der Waals surface area (Å²) in [5.74, 6) is 5.70. The lowest BCUT2D eigenvalue weighted by molar-refractivity contribution is -0.130. The van der Waals surface area contributed by atoms with E-state index in [1.54, 1.807) is 32.0 Å². The summed E-state index contributed by atoms with van der Waals surface area (Å²) in [4.78, 5) is 11.5. The molecule has 0 saturated heterocycles. The molecule has 3 N–H and O–H groups in total. The van der Waals surface area contributed by atoms with E-state index in [4.69, 9.17) is 20.6 Å². The summed E-state index contributed by atoms with van der Waals surface area (Å²) in [5, 5.41) is 8.80. The zero-order valence-corrected chi connectivity index (χ0v) is 11.2. The highest BCUT2D eigenvalue weighted by Gasteiger charge is 2.28. The fraction of sp³-hybridized carbons (Fsp3) is 0.385. The van der Waals surface area contributed by atoms with Gasteiger partial charge in [-0.1, -0.05) is 0 Å². The van der Waals surface area contributed by atoms with Crippen LogP contribution in [0.5, 0.6) is 11.5 Å². The van der Waals surface area contributed by atoms with Gasteiger partial charge in [0.25, 0.3) is 0 Å². The molecule has 0 aliphatic rings. The van der Waals surface area contributed by atoms with Crippen LogP contribution in [0.1, 0.15) is 19.4 Å². The second-order valence-corrected chi connectivity index (χ2v) is 4.62. The van der Waals surface area contributed by atoms with Crippen molar-refractivity contribution in [3.05, 3.63) is 23.8 Å². The second kappa shape index (κ2) is 6.07. The Morgan fingerprint density at radius 3 is 2.68 bits per heavy atom. The average molecular weight is 263 g/mol. The molecule has 0 saturated carbocycles. The van der Waals surface area contributed by atoms with Gasteiger partial charge < -0.3 is 9.47 Å². The van der Waals surface area contributed by atoms with Crippen molar-refractivity contribution < 1.29 is 14.3 Å². The normalized spacial score (nSPS) is 10.5. The number of benzene rings is 1. The zero-order valence-electron chi connectivity index (χ0n) is 11.2. The molecule has 0 spiro atoms. The SMILES string of the molecule is COc1cc(C#N)ccc1OCC(C)(C)C(=O)NN. The minimum Gasteiger partial charge on any atom is -0.493 e. The number of nitrogens with two attached hydrogens (primary N) is 1. The lowest BCUT2D eigenvalue weighted by Gasteiger charge is -2.23. The number of ether oxygens (including phenoxy) is 2. The smallest absolute Gasteiger partial charge is 0.242 e. The number of hydrazine groups is 1. The molecular weight excluding hydrogens is 246 g/mol. The predicted molar refractivity (Wildman–Crippen MR) is 69.3 cm³/mol. The van der Waals surface area contributed by atoms with E-state index in [1.807, 2.05) is 6.07 Å². The Morgan fingerprint density at radius 2 is 2.16 bits per heavy atom. The molecule has 0 aromatic heterocycles. The highest BCUT2D eigenvalue weighted by molar-refractivity contribution is 5.81. The van der Waals surface area contributed by atoms with Crippen LogP contribution in [0.4, 0.5) is 0 Å². The first-order valence-corrected chi connectivity index (χ1v) is 5.66. The minimum absolute atomic E-state index is 0.137.